The van der Waals surface area contributed by atoms with Crippen molar-refractivity contribution in [2.24, 2.45) is 0 Å². The summed E-state index contributed by atoms with van der Waals surface area (Å²) in [6, 6.07) is 11.2. The number of benzene rings is 1. The van der Waals surface area contributed by atoms with Crippen LogP contribution in [0, 0.1) is 20.4 Å². The van der Waals surface area contributed by atoms with Gasteiger partial charge >= 0.3 is 6.18 Å². The molecule has 0 amide bonds. The highest BCUT2D eigenvalue weighted by atomic mass is 79.9. The third-order valence-electron chi connectivity index (χ3n) is 4.50. The van der Waals surface area contributed by atoms with E-state index in [4.69, 9.17) is 6.57 Å². The molecule has 3 aromatic rings. The van der Waals surface area contributed by atoms with Crippen molar-refractivity contribution in [3.63, 3.8) is 0 Å². The van der Waals surface area contributed by atoms with E-state index in [2.05, 4.69) is 25.8 Å². The van der Waals surface area contributed by atoms with Crippen molar-refractivity contribution in [2.75, 3.05) is 0 Å². The predicted molar refractivity (Wildman–Crippen MR) is 108 cm³/mol. The Morgan fingerprint density at radius 1 is 1.17 bits per heavy atom. The molecular formula is C21H15BrF3N3O. The molecule has 0 aliphatic rings. The third-order valence-corrected chi connectivity index (χ3v) is 4.94. The average Bonchev–Trinajstić information content (AvgIpc) is 2.64. The molecule has 148 valence electrons. The Kier molecular flexibility index (Phi) is 5.62. The zero-order valence-corrected chi connectivity index (χ0v) is 17.1. The van der Waals surface area contributed by atoms with Gasteiger partial charge in [-0.25, -0.2) is 9.83 Å². The molecule has 0 saturated heterocycles. The van der Waals surface area contributed by atoms with Gasteiger partial charge in [-0.2, -0.15) is 13.2 Å². The zero-order chi connectivity index (χ0) is 21.3. The summed E-state index contributed by atoms with van der Waals surface area (Å²) in [5.74, 6) is 0. The molecule has 0 bridgehead atoms. The average molecular weight is 462 g/mol. The lowest BCUT2D eigenvalue weighted by molar-refractivity contribution is -0.136. The molecule has 0 fully saturated rings. The van der Waals surface area contributed by atoms with Crippen LogP contribution in [0.15, 0.2) is 51.9 Å². The molecule has 3 rings (SSSR count). The molecule has 0 saturated carbocycles. The Labute approximate surface area is 173 Å². The van der Waals surface area contributed by atoms with Crippen molar-refractivity contribution in [1.29, 1.82) is 0 Å². The molecule has 1 aromatic carbocycles. The largest absolute Gasteiger partial charge is 0.407 e. The quantitative estimate of drug-likeness (QED) is 0.359. The highest BCUT2D eigenvalue weighted by molar-refractivity contribution is 9.10. The first-order valence-corrected chi connectivity index (χ1v) is 9.32. The molecule has 0 spiro atoms. The molecule has 4 nitrogen and oxygen atoms in total. The fourth-order valence-corrected chi connectivity index (χ4v) is 3.42. The number of alkyl halides is 3. The van der Waals surface area contributed by atoms with E-state index in [9.17, 15) is 18.0 Å². The molecule has 0 aliphatic heterocycles. The SMILES string of the molecule is [C-]#[N+]c1c(C(F)(F)F)cc(-c2cccc(Br)n2)n(Cc2ccc(C)cc2C)c1=O. The summed E-state index contributed by atoms with van der Waals surface area (Å²) in [7, 11) is 0. The van der Waals surface area contributed by atoms with E-state index in [-0.39, 0.29) is 17.9 Å². The monoisotopic (exact) mass is 461 g/mol. The molecule has 2 heterocycles. The van der Waals surface area contributed by atoms with Crippen LogP contribution < -0.4 is 5.56 Å². The summed E-state index contributed by atoms with van der Waals surface area (Å²) in [5.41, 5.74) is -0.307. The van der Waals surface area contributed by atoms with Gasteiger partial charge in [0, 0.05) is 0 Å². The van der Waals surface area contributed by atoms with Crippen LogP contribution in [0.25, 0.3) is 16.2 Å². The molecule has 0 unspecified atom stereocenters. The highest BCUT2D eigenvalue weighted by Gasteiger charge is 2.36. The molecule has 0 atom stereocenters. The Hall–Kier alpha value is -2.92. The third kappa shape index (κ3) is 4.25. The van der Waals surface area contributed by atoms with Gasteiger partial charge in [-0.1, -0.05) is 29.8 Å². The van der Waals surface area contributed by atoms with Crippen molar-refractivity contribution in [3.8, 4) is 11.4 Å². The van der Waals surface area contributed by atoms with E-state index in [1.807, 2.05) is 32.0 Å². The van der Waals surface area contributed by atoms with Crippen LogP contribution in [0.3, 0.4) is 0 Å². The number of nitrogens with zero attached hydrogens (tertiary/aromatic N) is 3. The second kappa shape index (κ2) is 7.84. The van der Waals surface area contributed by atoms with Gasteiger partial charge in [0.25, 0.3) is 11.2 Å². The van der Waals surface area contributed by atoms with Crippen LogP contribution in [0.2, 0.25) is 0 Å². The van der Waals surface area contributed by atoms with E-state index in [1.165, 1.54) is 10.6 Å². The lowest BCUT2D eigenvalue weighted by atomic mass is 10.0. The van der Waals surface area contributed by atoms with Crippen LogP contribution >= 0.6 is 15.9 Å². The molecule has 0 N–H and O–H groups in total. The number of pyridine rings is 2. The Bertz CT molecular complexity index is 1190. The Morgan fingerprint density at radius 2 is 1.90 bits per heavy atom. The van der Waals surface area contributed by atoms with E-state index < -0.39 is 23.0 Å². The summed E-state index contributed by atoms with van der Waals surface area (Å²) in [6.07, 6.45) is -4.83. The minimum Gasteiger partial charge on any atom is -0.311 e. The van der Waals surface area contributed by atoms with Crippen LogP contribution in [0.5, 0.6) is 0 Å². The van der Waals surface area contributed by atoms with E-state index >= 15 is 0 Å². The van der Waals surface area contributed by atoms with Crippen LogP contribution in [-0.2, 0) is 12.7 Å². The van der Waals surface area contributed by atoms with Crippen molar-refractivity contribution < 1.29 is 13.2 Å². The first kappa shape index (κ1) is 20.8. The van der Waals surface area contributed by atoms with Crippen molar-refractivity contribution in [1.82, 2.24) is 9.55 Å². The Balaban J connectivity index is 2.33. The number of aromatic nitrogens is 2. The number of hydrogen-bond donors (Lipinski definition) is 0. The summed E-state index contributed by atoms with van der Waals surface area (Å²) in [4.78, 5) is 20.0. The van der Waals surface area contributed by atoms with Gasteiger partial charge in [0.05, 0.1) is 30.1 Å². The van der Waals surface area contributed by atoms with Gasteiger partial charge in [-0.3, -0.25) is 4.79 Å². The lowest BCUT2D eigenvalue weighted by Crippen LogP contribution is -2.25. The minimum absolute atomic E-state index is 0.00370. The van der Waals surface area contributed by atoms with E-state index in [0.717, 1.165) is 22.8 Å². The lowest BCUT2D eigenvalue weighted by Gasteiger charge is -2.18. The maximum absolute atomic E-state index is 13.5. The zero-order valence-electron chi connectivity index (χ0n) is 15.5. The molecular weight excluding hydrogens is 447 g/mol. The van der Waals surface area contributed by atoms with Crippen LogP contribution in [-0.4, -0.2) is 9.55 Å². The van der Waals surface area contributed by atoms with Crippen LogP contribution in [0.4, 0.5) is 18.9 Å². The predicted octanol–water partition coefficient (Wildman–Crippen LogP) is 5.91. The molecule has 29 heavy (non-hydrogen) atoms. The fourth-order valence-electron chi connectivity index (χ4n) is 3.07. The van der Waals surface area contributed by atoms with Gasteiger partial charge in [-0.05, 0) is 59.1 Å². The van der Waals surface area contributed by atoms with E-state index in [1.54, 1.807) is 12.1 Å². The van der Waals surface area contributed by atoms with Gasteiger partial charge < -0.3 is 4.57 Å². The Morgan fingerprint density at radius 3 is 2.48 bits per heavy atom. The van der Waals surface area contributed by atoms with Gasteiger partial charge in [0.15, 0.2) is 0 Å². The molecule has 2 aromatic heterocycles. The number of halogens is 4. The van der Waals surface area contributed by atoms with Crippen LogP contribution in [0.1, 0.15) is 22.3 Å². The summed E-state index contributed by atoms with van der Waals surface area (Å²) < 4.78 is 42.2. The number of hydrogen-bond acceptors (Lipinski definition) is 2. The molecule has 0 aliphatic carbocycles. The second-order valence-electron chi connectivity index (χ2n) is 6.57. The summed E-state index contributed by atoms with van der Waals surface area (Å²) in [5, 5.41) is 0. The van der Waals surface area contributed by atoms with Gasteiger partial charge in [0.1, 0.15) is 4.60 Å². The van der Waals surface area contributed by atoms with Gasteiger partial charge in [0.2, 0.25) is 0 Å². The van der Waals surface area contributed by atoms with Gasteiger partial charge in [-0.15, -0.1) is 0 Å². The summed E-state index contributed by atoms with van der Waals surface area (Å²) in [6.45, 7) is 11.0. The second-order valence-corrected chi connectivity index (χ2v) is 7.38. The normalized spacial score (nSPS) is 11.3. The van der Waals surface area contributed by atoms with Crippen molar-refractivity contribution >= 4 is 21.6 Å². The highest BCUT2D eigenvalue weighted by Crippen LogP contribution is 2.37. The number of rotatable bonds is 3. The first-order valence-electron chi connectivity index (χ1n) is 8.53. The summed E-state index contributed by atoms with van der Waals surface area (Å²) >= 11 is 3.21. The standard InChI is InChI=1S/C21H15BrF3N3O/c1-12-7-8-14(13(2)9-12)11-28-17(16-5-4-6-18(22)27-16)10-15(21(23,24)25)19(26-3)20(28)29/h4-10H,11H2,1-2H3. The van der Waals surface area contributed by atoms with Crippen molar-refractivity contribution in [2.45, 2.75) is 26.6 Å². The molecule has 8 heteroatoms. The maximum atomic E-state index is 13.5. The fraction of sp³-hybridized carbons (Fsp3) is 0.190. The van der Waals surface area contributed by atoms with Crippen molar-refractivity contribution in [3.05, 3.63) is 91.1 Å². The topological polar surface area (TPSA) is 39.2 Å². The smallest absolute Gasteiger partial charge is 0.311 e. The number of aryl methyl sites for hydroxylation is 2. The molecule has 0 radical (unpaired) electrons. The maximum Gasteiger partial charge on any atom is 0.407 e. The minimum atomic E-state index is -4.83. The van der Waals surface area contributed by atoms with E-state index in [0.29, 0.717) is 4.60 Å². The first-order chi connectivity index (χ1) is 13.6.